The molecule has 0 aliphatic carbocycles. The summed E-state index contributed by atoms with van der Waals surface area (Å²) < 4.78 is 10.1. The van der Waals surface area contributed by atoms with Crippen LogP contribution in [0.2, 0.25) is 0 Å². The first kappa shape index (κ1) is 14.8. The summed E-state index contributed by atoms with van der Waals surface area (Å²) in [5, 5.41) is 2.79. The number of carbonyl (C=O) groups excluding carboxylic acids is 2. The number of esters is 1. The van der Waals surface area contributed by atoms with E-state index in [9.17, 15) is 9.59 Å². The molecule has 5 heteroatoms. The first-order valence-electron chi connectivity index (χ1n) is 6.50. The number of amides is 1. The minimum absolute atomic E-state index is 0.269. The first-order valence-corrected chi connectivity index (χ1v) is 6.50. The van der Waals surface area contributed by atoms with Crippen LogP contribution in [0.1, 0.15) is 37.8 Å². The third kappa shape index (κ3) is 2.97. The quantitative estimate of drug-likeness (QED) is 0.880. The van der Waals surface area contributed by atoms with Gasteiger partial charge in [-0.15, -0.1) is 0 Å². The molecule has 1 N–H and O–H groups in total. The van der Waals surface area contributed by atoms with Gasteiger partial charge in [0, 0.05) is 5.69 Å². The second-order valence-corrected chi connectivity index (χ2v) is 4.75. The maximum Gasteiger partial charge on any atom is 0.338 e. The molecule has 1 heterocycles. The molecule has 0 fully saturated rings. The van der Waals surface area contributed by atoms with Crippen LogP contribution in [-0.4, -0.2) is 19.0 Å². The van der Waals surface area contributed by atoms with Crippen molar-refractivity contribution in [1.29, 1.82) is 0 Å². The SMILES string of the molecule is COC(=O)c1cccc(NC(=O)c2cc(C)oc2C)c1C. The van der Waals surface area contributed by atoms with Crippen molar-refractivity contribution in [3.8, 4) is 0 Å². The Hall–Kier alpha value is -2.56. The number of furan rings is 1. The van der Waals surface area contributed by atoms with Crippen LogP contribution >= 0.6 is 0 Å². The van der Waals surface area contributed by atoms with Gasteiger partial charge in [-0.2, -0.15) is 0 Å². The second kappa shape index (κ2) is 5.83. The van der Waals surface area contributed by atoms with E-state index in [1.54, 1.807) is 45.0 Å². The summed E-state index contributed by atoms with van der Waals surface area (Å²) in [6.07, 6.45) is 0. The van der Waals surface area contributed by atoms with Gasteiger partial charge in [0.1, 0.15) is 11.5 Å². The molecule has 0 bridgehead atoms. The highest BCUT2D eigenvalue weighted by molar-refractivity contribution is 6.06. The fraction of sp³-hybridized carbons (Fsp3) is 0.250. The van der Waals surface area contributed by atoms with E-state index < -0.39 is 5.97 Å². The summed E-state index contributed by atoms with van der Waals surface area (Å²) in [6.45, 7) is 5.28. The van der Waals surface area contributed by atoms with Gasteiger partial charge < -0.3 is 14.5 Å². The zero-order valence-electron chi connectivity index (χ0n) is 12.4. The van der Waals surface area contributed by atoms with Crippen LogP contribution in [0.25, 0.3) is 0 Å². The molecular weight excluding hydrogens is 270 g/mol. The van der Waals surface area contributed by atoms with Crippen LogP contribution in [-0.2, 0) is 4.74 Å². The van der Waals surface area contributed by atoms with Crippen LogP contribution in [0.5, 0.6) is 0 Å². The molecule has 1 aromatic carbocycles. The predicted molar refractivity (Wildman–Crippen MR) is 78.7 cm³/mol. The lowest BCUT2D eigenvalue weighted by atomic mass is 10.1. The van der Waals surface area contributed by atoms with Gasteiger partial charge in [0.2, 0.25) is 0 Å². The number of hydrogen-bond acceptors (Lipinski definition) is 4. The molecule has 0 atom stereocenters. The Balaban J connectivity index is 2.30. The molecule has 0 aliphatic heterocycles. The summed E-state index contributed by atoms with van der Waals surface area (Å²) in [4.78, 5) is 23.9. The van der Waals surface area contributed by atoms with E-state index in [1.165, 1.54) is 7.11 Å². The Bertz CT molecular complexity index is 700. The summed E-state index contributed by atoms with van der Waals surface area (Å²) >= 11 is 0. The highest BCUT2D eigenvalue weighted by Crippen LogP contribution is 2.22. The third-order valence-corrected chi connectivity index (χ3v) is 3.27. The molecule has 1 aromatic heterocycles. The van der Waals surface area contributed by atoms with Crippen LogP contribution in [0.15, 0.2) is 28.7 Å². The number of benzene rings is 1. The van der Waals surface area contributed by atoms with Crippen LogP contribution < -0.4 is 5.32 Å². The van der Waals surface area contributed by atoms with Crippen molar-refractivity contribution >= 4 is 17.6 Å². The maximum absolute atomic E-state index is 12.3. The molecular formula is C16H17NO4. The molecule has 5 nitrogen and oxygen atoms in total. The smallest absolute Gasteiger partial charge is 0.338 e. The maximum atomic E-state index is 12.3. The fourth-order valence-electron chi connectivity index (χ4n) is 2.15. The molecule has 0 radical (unpaired) electrons. The van der Waals surface area contributed by atoms with E-state index in [4.69, 9.17) is 9.15 Å². The molecule has 0 aliphatic rings. The molecule has 0 saturated carbocycles. The number of rotatable bonds is 3. The normalized spacial score (nSPS) is 10.3. The van der Waals surface area contributed by atoms with Crippen molar-refractivity contribution in [1.82, 2.24) is 0 Å². The number of hydrogen-bond donors (Lipinski definition) is 1. The third-order valence-electron chi connectivity index (χ3n) is 3.27. The molecule has 2 aromatic rings. The summed E-state index contributed by atoms with van der Waals surface area (Å²) in [5.41, 5.74) is 2.14. The standard InChI is InChI=1S/C16H17NO4/c1-9-8-13(11(3)21-9)15(18)17-14-7-5-6-12(10(14)2)16(19)20-4/h5-8H,1-4H3,(H,17,18). The Morgan fingerprint density at radius 3 is 2.43 bits per heavy atom. The molecule has 0 saturated heterocycles. The molecule has 21 heavy (non-hydrogen) atoms. The van der Waals surface area contributed by atoms with Gasteiger partial charge in [0.05, 0.1) is 18.2 Å². The lowest BCUT2D eigenvalue weighted by Gasteiger charge is -2.11. The second-order valence-electron chi connectivity index (χ2n) is 4.75. The van der Waals surface area contributed by atoms with Gasteiger partial charge in [-0.3, -0.25) is 4.79 Å². The molecule has 2 rings (SSSR count). The Kier molecular flexibility index (Phi) is 4.12. The minimum atomic E-state index is -0.432. The van der Waals surface area contributed by atoms with Crippen molar-refractivity contribution in [3.63, 3.8) is 0 Å². The highest BCUT2D eigenvalue weighted by Gasteiger charge is 2.17. The van der Waals surface area contributed by atoms with Gasteiger partial charge in [-0.1, -0.05) is 6.07 Å². The van der Waals surface area contributed by atoms with Crippen molar-refractivity contribution in [2.45, 2.75) is 20.8 Å². The van der Waals surface area contributed by atoms with Gasteiger partial charge in [-0.25, -0.2) is 4.79 Å². The van der Waals surface area contributed by atoms with Crippen molar-refractivity contribution < 1.29 is 18.7 Å². The Morgan fingerprint density at radius 1 is 1.14 bits per heavy atom. The topological polar surface area (TPSA) is 68.5 Å². The lowest BCUT2D eigenvalue weighted by molar-refractivity contribution is 0.0599. The Morgan fingerprint density at radius 2 is 1.86 bits per heavy atom. The van der Waals surface area contributed by atoms with Gasteiger partial charge in [0.25, 0.3) is 5.91 Å². The monoisotopic (exact) mass is 287 g/mol. The number of carbonyl (C=O) groups is 2. The predicted octanol–water partition coefficient (Wildman–Crippen LogP) is 3.24. The minimum Gasteiger partial charge on any atom is -0.466 e. The largest absolute Gasteiger partial charge is 0.466 e. The van der Waals surface area contributed by atoms with E-state index >= 15 is 0 Å². The van der Waals surface area contributed by atoms with Gasteiger partial charge in [0.15, 0.2) is 0 Å². The van der Waals surface area contributed by atoms with Crippen LogP contribution in [0.4, 0.5) is 5.69 Å². The average Bonchev–Trinajstić information content (AvgIpc) is 2.79. The van der Waals surface area contributed by atoms with Crippen LogP contribution in [0, 0.1) is 20.8 Å². The van der Waals surface area contributed by atoms with E-state index in [0.29, 0.717) is 33.9 Å². The lowest BCUT2D eigenvalue weighted by Crippen LogP contribution is -2.14. The number of methoxy groups -OCH3 is 1. The number of aryl methyl sites for hydroxylation is 2. The summed E-state index contributed by atoms with van der Waals surface area (Å²) in [7, 11) is 1.32. The van der Waals surface area contributed by atoms with Crippen LogP contribution in [0.3, 0.4) is 0 Å². The summed E-state index contributed by atoms with van der Waals surface area (Å²) in [5.74, 6) is 0.540. The fourth-order valence-corrected chi connectivity index (χ4v) is 2.15. The first-order chi connectivity index (χ1) is 9.93. The van der Waals surface area contributed by atoms with Crippen molar-refractivity contribution in [2.24, 2.45) is 0 Å². The van der Waals surface area contributed by atoms with E-state index in [2.05, 4.69) is 5.32 Å². The number of anilines is 1. The molecule has 0 unspecified atom stereocenters. The van der Waals surface area contributed by atoms with Crippen molar-refractivity contribution in [3.05, 3.63) is 52.5 Å². The molecule has 1 amide bonds. The number of nitrogens with one attached hydrogen (secondary N) is 1. The van der Waals surface area contributed by atoms with Crippen molar-refractivity contribution in [2.75, 3.05) is 12.4 Å². The molecule has 0 spiro atoms. The zero-order valence-corrected chi connectivity index (χ0v) is 12.4. The van der Waals surface area contributed by atoms with E-state index in [1.807, 2.05) is 0 Å². The van der Waals surface area contributed by atoms with E-state index in [-0.39, 0.29) is 5.91 Å². The Labute approximate surface area is 122 Å². The number of ether oxygens (including phenoxy) is 1. The highest BCUT2D eigenvalue weighted by atomic mass is 16.5. The summed E-state index contributed by atoms with van der Waals surface area (Å²) in [6, 6.07) is 6.78. The average molecular weight is 287 g/mol. The zero-order chi connectivity index (χ0) is 15.6. The molecule has 110 valence electrons. The van der Waals surface area contributed by atoms with Gasteiger partial charge in [-0.05, 0) is 44.5 Å². The van der Waals surface area contributed by atoms with Gasteiger partial charge >= 0.3 is 5.97 Å². The van der Waals surface area contributed by atoms with E-state index in [0.717, 1.165) is 0 Å².